The monoisotopic (exact) mass is 420 g/mol. The van der Waals surface area contributed by atoms with E-state index >= 15 is 0 Å². The second-order valence-electron chi connectivity index (χ2n) is 6.06. The van der Waals surface area contributed by atoms with Gasteiger partial charge in [-0.25, -0.2) is 9.97 Å². The maximum absolute atomic E-state index is 13.0. The summed E-state index contributed by atoms with van der Waals surface area (Å²) in [5.74, 6) is 1.20. The SMILES string of the molecule is CCSc1ccc(CNc2nc3cnc(Cl)nc3n([C@H](C)COC)c2=O)nc1. The smallest absolute Gasteiger partial charge is 0.295 e. The van der Waals surface area contributed by atoms with Crippen LogP contribution in [0.2, 0.25) is 5.28 Å². The number of methoxy groups -OCH3 is 1. The molecule has 28 heavy (non-hydrogen) atoms. The highest BCUT2D eigenvalue weighted by Crippen LogP contribution is 2.18. The number of rotatable bonds is 8. The third-order valence-corrected chi connectivity index (χ3v) is 5.04. The number of ether oxygens (including phenoxy) is 1. The van der Waals surface area contributed by atoms with Crippen molar-refractivity contribution in [3.05, 3.63) is 45.9 Å². The first-order valence-corrected chi connectivity index (χ1v) is 10.1. The van der Waals surface area contributed by atoms with E-state index in [1.54, 1.807) is 18.9 Å². The Labute approximate surface area is 171 Å². The first kappa shape index (κ1) is 20.5. The van der Waals surface area contributed by atoms with Crippen LogP contribution in [0, 0.1) is 0 Å². The minimum absolute atomic E-state index is 0.0574. The average Bonchev–Trinajstić information content (AvgIpc) is 2.68. The number of nitrogens with zero attached hydrogens (tertiary/aromatic N) is 5. The number of thioether (sulfide) groups is 1. The van der Waals surface area contributed by atoms with Gasteiger partial charge >= 0.3 is 0 Å². The molecule has 0 bridgehead atoms. The Hall–Kier alpha value is -2.23. The molecule has 0 saturated heterocycles. The van der Waals surface area contributed by atoms with E-state index in [2.05, 4.69) is 32.2 Å². The molecular weight excluding hydrogens is 400 g/mol. The number of hydrogen-bond donors (Lipinski definition) is 1. The number of fused-ring (bicyclic) bond motifs is 1. The van der Waals surface area contributed by atoms with Crippen LogP contribution in [0.25, 0.3) is 11.2 Å². The van der Waals surface area contributed by atoms with Crippen LogP contribution in [0.15, 0.2) is 34.2 Å². The van der Waals surface area contributed by atoms with Gasteiger partial charge in [0.05, 0.1) is 31.1 Å². The molecule has 0 spiro atoms. The maximum Gasteiger partial charge on any atom is 0.295 e. The van der Waals surface area contributed by atoms with Crippen molar-refractivity contribution in [2.24, 2.45) is 0 Å². The van der Waals surface area contributed by atoms with Crippen LogP contribution >= 0.6 is 23.4 Å². The summed E-state index contributed by atoms with van der Waals surface area (Å²) in [7, 11) is 1.58. The van der Waals surface area contributed by atoms with Gasteiger partial charge in [-0.2, -0.15) is 4.98 Å². The Morgan fingerprint density at radius 3 is 2.79 bits per heavy atom. The molecular formula is C18H21ClN6O2S. The zero-order valence-electron chi connectivity index (χ0n) is 15.8. The van der Waals surface area contributed by atoms with Gasteiger partial charge in [0.15, 0.2) is 11.5 Å². The molecule has 0 unspecified atom stereocenters. The van der Waals surface area contributed by atoms with Crippen molar-refractivity contribution >= 4 is 40.3 Å². The van der Waals surface area contributed by atoms with Gasteiger partial charge in [0.25, 0.3) is 5.56 Å². The van der Waals surface area contributed by atoms with Gasteiger partial charge in [-0.3, -0.25) is 14.3 Å². The summed E-state index contributed by atoms with van der Waals surface area (Å²) in [6, 6.07) is 3.69. The third kappa shape index (κ3) is 4.60. The van der Waals surface area contributed by atoms with Crippen LogP contribution in [0.3, 0.4) is 0 Å². The van der Waals surface area contributed by atoms with Crippen LogP contribution in [-0.4, -0.2) is 44.0 Å². The predicted molar refractivity (Wildman–Crippen MR) is 111 cm³/mol. The second kappa shape index (κ2) is 9.31. The van der Waals surface area contributed by atoms with Gasteiger partial charge in [-0.15, -0.1) is 11.8 Å². The van der Waals surface area contributed by atoms with Crippen molar-refractivity contribution in [2.45, 2.75) is 31.3 Å². The van der Waals surface area contributed by atoms with E-state index in [0.717, 1.165) is 16.3 Å². The molecule has 3 rings (SSSR count). The van der Waals surface area contributed by atoms with Crippen molar-refractivity contribution in [1.29, 1.82) is 0 Å². The molecule has 1 N–H and O–H groups in total. The van der Waals surface area contributed by atoms with E-state index < -0.39 is 0 Å². The molecule has 0 fully saturated rings. The van der Waals surface area contributed by atoms with Crippen LogP contribution in [-0.2, 0) is 11.3 Å². The molecule has 0 radical (unpaired) electrons. The Morgan fingerprint density at radius 1 is 1.29 bits per heavy atom. The molecule has 0 aliphatic rings. The van der Waals surface area contributed by atoms with E-state index in [0.29, 0.717) is 24.3 Å². The fourth-order valence-corrected chi connectivity index (χ4v) is 3.52. The number of halogens is 1. The Kier molecular flexibility index (Phi) is 6.82. The summed E-state index contributed by atoms with van der Waals surface area (Å²) in [5, 5.41) is 3.14. The quantitative estimate of drug-likeness (QED) is 0.438. The lowest BCUT2D eigenvalue weighted by atomic mass is 10.3. The highest BCUT2D eigenvalue weighted by molar-refractivity contribution is 7.99. The summed E-state index contributed by atoms with van der Waals surface area (Å²) in [6.07, 6.45) is 3.33. The van der Waals surface area contributed by atoms with Crippen LogP contribution in [0.1, 0.15) is 25.6 Å². The molecule has 3 aromatic rings. The summed E-state index contributed by atoms with van der Waals surface area (Å²) < 4.78 is 6.73. The van der Waals surface area contributed by atoms with Gasteiger partial charge in [0, 0.05) is 18.2 Å². The number of pyridine rings is 1. The van der Waals surface area contributed by atoms with E-state index in [4.69, 9.17) is 16.3 Å². The standard InChI is InChI=1S/C18H21ClN6O2S/c1-4-28-13-6-5-12(20-8-13)7-21-15-17(26)25(11(2)10-27-3)16-14(23-15)9-22-18(19)24-16/h5-6,8-9,11H,4,7,10H2,1-3H3,(H,21,23)/t11-/m1/s1. The Balaban J connectivity index is 1.93. The van der Waals surface area contributed by atoms with Gasteiger partial charge in [-0.1, -0.05) is 6.92 Å². The molecule has 0 saturated carbocycles. The van der Waals surface area contributed by atoms with E-state index in [-0.39, 0.29) is 22.7 Å². The fraction of sp³-hybridized carbons (Fsp3) is 0.389. The molecule has 10 heteroatoms. The molecule has 0 aliphatic carbocycles. The molecule has 8 nitrogen and oxygen atoms in total. The lowest BCUT2D eigenvalue weighted by Crippen LogP contribution is -2.30. The summed E-state index contributed by atoms with van der Waals surface area (Å²) in [5.41, 5.74) is 1.35. The lowest BCUT2D eigenvalue weighted by molar-refractivity contribution is 0.162. The maximum atomic E-state index is 13.0. The van der Waals surface area contributed by atoms with E-state index in [9.17, 15) is 4.79 Å². The molecule has 3 heterocycles. The number of anilines is 1. The van der Waals surface area contributed by atoms with Crippen molar-refractivity contribution in [3.8, 4) is 0 Å². The third-order valence-electron chi connectivity index (χ3n) is 4.00. The Morgan fingerprint density at radius 2 is 2.11 bits per heavy atom. The molecule has 0 aliphatic heterocycles. The largest absolute Gasteiger partial charge is 0.383 e. The van der Waals surface area contributed by atoms with Crippen LogP contribution < -0.4 is 10.9 Å². The highest BCUT2D eigenvalue weighted by atomic mass is 35.5. The molecule has 3 aromatic heterocycles. The van der Waals surface area contributed by atoms with E-state index in [1.165, 1.54) is 10.8 Å². The van der Waals surface area contributed by atoms with E-state index in [1.807, 2.05) is 25.3 Å². The van der Waals surface area contributed by atoms with Crippen LogP contribution in [0.4, 0.5) is 5.82 Å². The summed E-state index contributed by atoms with van der Waals surface area (Å²) >= 11 is 7.65. The van der Waals surface area contributed by atoms with Gasteiger partial charge < -0.3 is 10.1 Å². The van der Waals surface area contributed by atoms with Gasteiger partial charge in [-0.05, 0) is 36.4 Å². The number of nitrogens with one attached hydrogen (secondary N) is 1. The van der Waals surface area contributed by atoms with Gasteiger partial charge in [0.1, 0.15) is 5.52 Å². The lowest BCUT2D eigenvalue weighted by Gasteiger charge is -2.17. The Bertz CT molecular complexity index is 1010. The molecule has 0 aromatic carbocycles. The zero-order valence-corrected chi connectivity index (χ0v) is 17.4. The zero-order chi connectivity index (χ0) is 20.1. The van der Waals surface area contributed by atoms with Gasteiger partial charge in [0.2, 0.25) is 5.28 Å². The minimum atomic E-state index is -0.301. The second-order valence-corrected chi connectivity index (χ2v) is 7.74. The normalized spacial score (nSPS) is 12.3. The first-order valence-electron chi connectivity index (χ1n) is 8.78. The number of aromatic nitrogens is 5. The fourth-order valence-electron chi connectivity index (χ4n) is 2.76. The van der Waals surface area contributed by atoms with Crippen molar-refractivity contribution < 1.29 is 4.74 Å². The average molecular weight is 421 g/mol. The van der Waals surface area contributed by atoms with Crippen molar-refractivity contribution in [3.63, 3.8) is 0 Å². The number of hydrogen-bond acceptors (Lipinski definition) is 8. The molecule has 148 valence electrons. The summed E-state index contributed by atoms with van der Waals surface area (Å²) in [6.45, 7) is 4.68. The molecule has 0 amide bonds. The summed E-state index contributed by atoms with van der Waals surface area (Å²) in [4.78, 5) is 31.1. The first-order chi connectivity index (χ1) is 13.5. The molecule has 1 atom stereocenters. The van der Waals surface area contributed by atoms with Crippen molar-refractivity contribution in [1.82, 2.24) is 24.5 Å². The van der Waals surface area contributed by atoms with Crippen LogP contribution in [0.5, 0.6) is 0 Å². The predicted octanol–water partition coefficient (Wildman–Crippen LogP) is 3.17. The topological polar surface area (TPSA) is 94.8 Å². The highest BCUT2D eigenvalue weighted by Gasteiger charge is 2.17. The minimum Gasteiger partial charge on any atom is -0.383 e. The van der Waals surface area contributed by atoms with Crippen molar-refractivity contribution in [2.75, 3.05) is 24.8 Å².